The first kappa shape index (κ1) is 18.8. The van der Waals surface area contributed by atoms with E-state index in [0.29, 0.717) is 0 Å². The number of non-ortho nitro benzene ring substituents is 1. The van der Waals surface area contributed by atoms with Gasteiger partial charge in [0.25, 0.3) is 5.69 Å². The molecule has 3 rings (SSSR count). The number of nitrogens with zero attached hydrogens (tertiary/aromatic N) is 1. The van der Waals surface area contributed by atoms with Gasteiger partial charge in [0.2, 0.25) is 0 Å². The number of carbonyl (C=O) groups is 3. The summed E-state index contributed by atoms with van der Waals surface area (Å²) < 4.78 is 0. The van der Waals surface area contributed by atoms with Crippen LogP contribution in [0.2, 0.25) is 0 Å². The Labute approximate surface area is 160 Å². The van der Waals surface area contributed by atoms with E-state index >= 15 is 0 Å². The number of carbonyl (C=O) groups excluding carboxylic acids is 3. The number of hydrogen-bond donors (Lipinski definition) is 0. The van der Waals surface area contributed by atoms with Crippen molar-refractivity contribution in [2.75, 3.05) is 0 Å². The zero-order valence-corrected chi connectivity index (χ0v) is 14.6. The molecule has 0 aliphatic carbocycles. The van der Waals surface area contributed by atoms with Crippen LogP contribution in [0, 0.1) is 16.0 Å². The third-order valence-corrected chi connectivity index (χ3v) is 4.27. The van der Waals surface area contributed by atoms with Crippen molar-refractivity contribution in [1.82, 2.24) is 0 Å². The van der Waals surface area contributed by atoms with Crippen LogP contribution < -0.4 is 0 Å². The molecule has 6 heteroatoms. The van der Waals surface area contributed by atoms with Gasteiger partial charge in [-0.3, -0.25) is 24.5 Å². The molecular formula is C22H15NO5. The topological polar surface area (TPSA) is 94.3 Å². The first-order valence-electron chi connectivity index (χ1n) is 8.46. The maximum atomic E-state index is 13.0. The standard InChI is InChI=1S/C22H15NO5/c24-20(15-7-3-1-4-8-15)19(21(25)16-9-5-2-6-10-16)22(26)17-11-13-18(14-12-17)23(27)28/h1-14,19H. The van der Waals surface area contributed by atoms with Gasteiger partial charge in [-0.15, -0.1) is 0 Å². The Morgan fingerprint density at radius 1 is 0.607 bits per heavy atom. The maximum absolute atomic E-state index is 13.0. The van der Waals surface area contributed by atoms with E-state index in [9.17, 15) is 24.5 Å². The summed E-state index contributed by atoms with van der Waals surface area (Å²) in [6.07, 6.45) is 0. The number of ketones is 3. The molecule has 0 radical (unpaired) electrons. The van der Waals surface area contributed by atoms with Gasteiger partial charge in [0.05, 0.1) is 4.92 Å². The van der Waals surface area contributed by atoms with E-state index in [1.807, 2.05) is 0 Å². The molecule has 0 aromatic heterocycles. The van der Waals surface area contributed by atoms with Gasteiger partial charge in [0.15, 0.2) is 17.3 Å². The van der Waals surface area contributed by atoms with Crippen molar-refractivity contribution < 1.29 is 19.3 Å². The van der Waals surface area contributed by atoms with E-state index in [1.54, 1.807) is 36.4 Å². The lowest BCUT2D eigenvalue weighted by atomic mass is 9.84. The van der Waals surface area contributed by atoms with Crippen LogP contribution >= 0.6 is 0 Å². The van der Waals surface area contributed by atoms with Crippen LogP contribution in [0.5, 0.6) is 0 Å². The number of rotatable bonds is 7. The molecule has 3 aromatic rings. The molecule has 0 spiro atoms. The molecule has 0 amide bonds. The highest BCUT2D eigenvalue weighted by molar-refractivity contribution is 6.31. The monoisotopic (exact) mass is 373 g/mol. The van der Waals surface area contributed by atoms with E-state index in [1.165, 1.54) is 48.5 Å². The maximum Gasteiger partial charge on any atom is 0.269 e. The lowest BCUT2D eigenvalue weighted by molar-refractivity contribution is -0.384. The smallest absolute Gasteiger partial charge is 0.269 e. The minimum atomic E-state index is -1.56. The van der Waals surface area contributed by atoms with Gasteiger partial charge in [-0.2, -0.15) is 0 Å². The van der Waals surface area contributed by atoms with Gasteiger partial charge in [0, 0.05) is 28.8 Å². The third-order valence-electron chi connectivity index (χ3n) is 4.27. The van der Waals surface area contributed by atoms with E-state index in [-0.39, 0.29) is 22.4 Å². The second-order valence-corrected chi connectivity index (χ2v) is 6.06. The number of nitro benzene ring substituents is 1. The molecule has 6 nitrogen and oxygen atoms in total. The zero-order valence-electron chi connectivity index (χ0n) is 14.6. The highest BCUT2D eigenvalue weighted by Gasteiger charge is 2.35. The van der Waals surface area contributed by atoms with Crippen molar-refractivity contribution in [2.45, 2.75) is 0 Å². The predicted octanol–water partition coefficient (Wildman–Crippen LogP) is 4.16. The molecule has 0 bridgehead atoms. The molecule has 0 aliphatic rings. The Balaban J connectivity index is 2.02. The van der Waals surface area contributed by atoms with Gasteiger partial charge in [0.1, 0.15) is 5.92 Å². The second-order valence-electron chi connectivity index (χ2n) is 6.06. The molecular weight excluding hydrogens is 358 g/mol. The van der Waals surface area contributed by atoms with Crippen molar-refractivity contribution in [3.8, 4) is 0 Å². The third kappa shape index (κ3) is 3.91. The molecule has 28 heavy (non-hydrogen) atoms. The molecule has 0 aliphatic heterocycles. The highest BCUT2D eigenvalue weighted by Crippen LogP contribution is 2.22. The van der Waals surface area contributed by atoms with Crippen LogP contribution in [0.4, 0.5) is 5.69 Å². The van der Waals surface area contributed by atoms with Crippen LogP contribution in [-0.4, -0.2) is 22.3 Å². The Morgan fingerprint density at radius 2 is 0.964 bits per heavy atom. The zero-order chi connectivity index (χ0) is 20.1. The average molecular weight is 373 g/mol. The fraction of sp³-hybridized carbons (Fsp3) is 0.0455. The molecule has 0 unspecified atom stereocenters. The number of nitro groups is 1. The molecule has 0 fully saturated rings. The van der Waals surface area contributed by atoms with Crippen molar-refractivity contribution in [3.05, 3.63) is 112 Å². The lowest BCUT2D eigenvalue weighted by Crippen LogP contribution is -2.32. The van der Waals surface area contributed by atoms with E-state index < -0.39 is 28.2 Å². The number of hydrogen-bond acceptors (Lipinski definition) is 5. The molecule has 0 heterocycles. The van der Waals surface area contributed by atoms with Crippen LogP contribution in [0.15, 0.2) is 84.9 Å². The first-order chi connectivity index (χ1) is 13.5. The number of benzene rings is 3. The summed E-state index contributed by atoms with van der Waals surface area (Å²) in [6.45, 7) is 0. The summed E-state index contributed by atoms with van der Waals surface area (Å²) in [5.41, 5.74) is 0.361. The SMILES string of the molecule is O=C(c1ccccc1)C(C(=O)c1ccccc1)C(=O)c1ccc([N+](=O)[O-])cc1. The van der Waals surface area contributed by atoms with Crippen LogP contribution in [-0.2, 0) is 0 Å². The van der Waals surface area contributed by atoms with E-state index in [4.69, 9.17) is 0 Å². The highest BCUT2D eigenvalue weighted by atomic mass is 16.6. The Kier molecular flexibility index (Phi) is 5.50. The second kappa shape index (κ2) is 8.18. The summed E-state index contributed by atoms with van der Waals surface area (Å²) in [4.78, 5) is 49.3. The molecule has 0 saturated carbocycles. The van der Waals surface area contributed by atoms with Gasteiger partial charge in [-0.05, 0) is 12.1 Å². The Morgan fingerprint density at radius 3 is 1.32 bits per heavy atom. The van der Waals surface area contributed by atoms with Crippen molar-refractivity contribution in [1.29, 1.82) is 0 Å². The van der Waals surface area contributed by atoms with Crippen molar-refractivity contribution in [3.63, 3.8) is 0 Å². The predicted molar refractivity (Wildman–Crippen MR) is 102 cm³/mol. The normalized spacial score (nSPS) is 10.5. The Bertz CT molecular complexity index is 976. The molecule has 0 atom stereocenters. The van der Waals surface area contributed by atoms with Crippen molar-refractivity contribution in [2.24, 2.45) is 5.92 Å². The van der Waals surface area contributed by atoms with Gasteiger partial charge >= 0.3 is 0 Å². The number of Topliss-reactive ketones (excluding diaryl/α,β-unsaturated/α-hetero) is 3. The van der Waals surface area contributed by atoms with E-state index in [2.05, 4.69) is 0 Å². The minimum absolute atomic E-state index is 0.0594. The van der Waals surface area contributed by atoms with Crippen LogP contribution in [0.3, 0.4) is 0 Å². The summed E-state index contributed by atoms with van der Waals surface area (Å²) >= 11 is 0. The molecule has 0 saturated heterocycles. The fourth-order valence-electron chi connectivity index (χ4n) is 2.81. The summed E-state index contributed by atoms with van der Waals surface area (Å²) in [7, 11) is 0. The minimum Gasteiger partial charge on any atom is -0.293 e. The summed E-state index contributed by atoms with van der Waals surface area (Å²) in [5, 5.41) is 10.8. The van der Waals surface area contributed by atoms with E-state index in [0.717, 1.165) is 0 Å². The lowest BCUT2D eigenvalue weighted by Gasteiger charge is -2.14. The quantitative estimate of drug-likeness (QED) is 0.268. The van der Waals surface area contributed by atoms with Gasteiger partial charge < -0.3 is 0 Å². The summed E-state index contributed by atoms with van der Waals surface area (Å²) in [5.74, 6) is -3.49. The fourth-order valence-corrected chi connectivity index (χ4v) is 2.81. The molecule has 3 aromatic carbocycles. The average Bonchev–Trinajstić information content (AvgIpc) is 2.75. The van der Waals surface area contributed by atoms with Crippen molar-refractivity contribution >= 4 is 23.0 Å². The first-order valence-corrected chi connectivity index (χ1v) is 8.46. The van der Waals surface area contributed by atoms with Gasteiger partial charge in [-0.25, -0.2) is 0 Å². The molecule has 0 N–H and O–H groups in total. The van der Waals surface area contributed by atoms with Crippen LogP contribution in [0.25, 0.3) is 0 Å². The molecule has 138 valence electrons. The van der Waals surface area contributed by atoms with Crippen LogP contribution in [0.1, 0.15) is 31.1 Å². The summed E-state index contributed by atoms with van der Waals surface area (Å²) in [6, 6.07) is 21.0. The van der Waals surface area contributed by atoms with Gasteiger partial charge in [-0.1, -0.05) is 60.7 Å². The Hall–Kier alpha value is -3.93. The largest absolute Gasteiger partial charge is 0.293 e.